The van der Waals surface area contributed by atoms with Crippen molar-refractivity contribution in [1.29, 1.82) is 0 Å². The Hall–Kier alpha value is -1.66. The van der Waals surface area contributed by atoms with Crippen molar-refractivity contribution in [3.63, 3.8) is 0 Å². The maximum atomic E-state index is 14.4. The van der Waals surface area contributed by atoms with Crippen molar-refractivity contribution >= 4 is 11.6 Å². The highest BCUT2D eigenvalue weighted by Gasteiger charge is 2.22. The van der Waals surface area contributed by atoms with Gasteiger partial charge in [0.1, 0.15) is 5.82 Å². The molecule has 1 aromatic rings. The standard InChI is InChI=1S/C16H22FN3O2/c17-14-10-13(20-5-7-22-8-6-20)9-12(15(14)16(18)21)11-19-3-1-2-4-19/h9-10H,1-8,11H2,(H2,18,21). The predicted molar refractivity (Wildman–Crippen MR) is 82.5 cm³/mol. The summed E-state index contributed by atoms with van der Waals surface area (Å²) >= 11 is 0. The molecule has 0 spiro atoms. The first-order chi connectivity index (χ1) is 10.6. The summed E-state index contributed by atoms with van der Waals surface area (Å²) in [6.45, 7) is 5.30. The molecular weight excluding hydrogens is 285 g/mol. The van der Waals surface area contributed by atoms with Gasteiger partial charge in [-0.05, 0) is 43.6 Å². The lowest BCUT2D eigenvalue weighted by molar-refractivity contribution is 0.0994. The minimum Gasteiger partial charge on any atom is -0.378 e. The zero-order chi connectivity index (χ0) is 15.5. The molecule has 22 heavy (non-hydrogen) atoms. The minimum absolute atomic E-state index is 0.0314. The minimum atomic E-state index is -0.694. The number of benzene rings is 1. The summed E-state index contributed by atoms with van der Waals surface area (Å²) in [5.41, 5.74) is 6.91. The number of carbonyl (C=O) groups excluding carboxylic acids is 1. The van der Waals surface area contributed by atoms with Crippen molar-refractivity contribution in [2.75, 3.05) is 44.3 Å². The van der Waals surface area contributed by atoms with Gasteiger partial charge in [0.15, 0.2) is 0 Å². The average Bonchev–Trinajstić information content (AvgIpc) is 3.00. The van der Waals surface area contributed by atoms with E-state index in [4.69, 9.17) is 10.5 Å². The molecule has 0 bridgehead atoms. The van der Waals surface area contributed by atoms with Crippen molar-refractivity contribution in [3.05, 3.63) is 29.1 Å². The first-order valence-electron chi connectivity index (χ1n) is 7.82. The molecule has 2 saturated heterocycles. The van der Waals surface area contributed by atoms with Gasteiger partial charge >= 0.3 is 0 Å². The summed E-state index contributed by atoms with van der Waals surface area (Å²) in [7, 11) is 0. The van der Waals surface area contributed by atoms with Crippen molar-refractivity contribution in [2.24, 2.45) is 5.73 Å². The topological polar surface area (TPSA) is 58.8 Å². The van der Waals surface area contributed by atoms with Crippen LogP contribution in [0.3, 0.4) is 0 Å². The van der Waals surface area contributed by atoms with Crippen LogP contribution >= 0.6 is 0 Å². The Morgan fingerprint density at radius 3 is 2.50 bits per heavy atom. The van der Waals surface area contributed by atoms with Crippen LogP contribution in [0.2, 0.25) is 0 Å². The Kier molecular flexibility index (Phi) is 4.59. The molecule has 2 fully saturated rings. The molecule has 6 heteroatoms. The van der Waals surface area contributed by atoms with Gasteiger partial charge in [-0.25, -0.2) is 4.39 Å². The van der Waals surface area contributed by atoms with E-state index in [2.05, 4.69) is 9.80 Å². The average molecular weight is 307 g/mol. The molecular formula is C16H22FN3O2. The number of anilines is 1. The molecule has 0 aromatic heterocycles. The third-order valence-electron chi connectivity index (χ3n) is 4.37. The van der Waals surface area contributed by atoms with E-state index >= 15 is 0 Å². The van der Waals surface area contributed by atoms with Crippen LogP contribution in [-0.2, 0) is 11.3 Å². The zero-order valence-electron chi connectivity index (χ0n) is 12.7. The molecule has 1 aromatic carbocycles. The Balaban J connectivity index is 1.91. The summed E-state index contributed by atoms with van der Waals surface area (Å²) in [5, 5.41) is 0. The molecule has 2 N–H and O–H groups in total. The Morgan fingerprint density at radius 2 is 1.86 bits per heavy atom. The summed E-state index contributed by atoms with van der Waals surface area (Å²) in [6.07, 6.45) is 2.30. The molecule has 0 aliphatic carbocycles. The number of likely N-dealkylation sites (tertiary alicyclic amines) is 1. The fourth-order valence-electron chi connectivity index (χ4n) is 3.23. The molecule has 5 nitrogen and oxygen atoms in total. The molecule has 2 aliphatic heterocycles. The number of rotatable bonds is 4. The van der Waals surface area contributed by atoms with E-state index in [1.165, 1.54) is 6.07 Å². The fourth-order valence-corrected chi connectivity index (χ4v) is 3.23. The van der Waals surface area contributed by atoms with Crippen LogP contribution < -0.4 is 10.6 Å². The Bertz CT molecular complexity index is 553. The number of hydrogen-bond acceptors (Lipinski definition) is 4. The molecule has 0 unspecified atom stereocenters. The maximum absolute atomic E-state index is 14.4. The number of nitrogens with two attached hydrogens (primary N) is 1. The second kappa shape index (κ2) is 6.62. The van der Waals surface area contributed by atoms with Gasteiger partial charge in [-0.1, -0.05) is 0 Å². The van der Waals surface area contributed by atoms with E-state index in [0.29, 0.717) is 25.3 Å². The van der Waals surface area contributed by atoms with Gasteiger partial charge in [-0.15, -0.1) is 0 Å². The third-order valence-corrected chi connectivity index (χ3v) is 4.37. The number of halogens is 1. The lowest BCUT2D eigenvalue weighted by Gasteiger charge is -2.30. The summed E-state index contributed by atoms with van der Waals surface area (Å²) in [6, 6.07) is 3.33. The lowest BCUT2D eigenvalue weighted by atomic mass is 10.0. The van der Waals surface area contributed by atoms with E-state index in [1.54, 1.807) is 0 Å². The normalized spacial score (nSPS) is 19.6. The number of hydrogen-bond donors (Lipinski definition) is 1. The van der Waals surface area contributed by atoms with Gasteiger partial charge in [0, 0.05) is 25.3 Å². The van der Waals surface area contributed by atoms with Gasteiger partial charge in [0.2, 0.25) is 0 Å². The van der Waals surface area contributed by atoms with E-state index < -0.39 is 11.7 Å². The smallest absolute Gasteiger partial charge is 0.252 e. The van der Waals surface area contributed by atoms with Gasteiger partial charge in [-0.2, -0.15) is 0 Å². The second-order valence-electron chi connectivity index (χ2n) is 5.91. The first kappa shape index (κ1) is 15.2. The van der Waals surface area contributed by atoms with Crippen LogP contribution in [0.4, 0.5) is 10.1 Å². The highest BCUT2D eigenvalue weighted by molar-refractivity contribution is 5.95. The number of carbonyl (C=O) groups is 1. The molecule has 120 valence electrons. The molecule has 0 radical (unpaired) electrons. The van der Waals surface area contributed by atoms with E-state index in [9.17, 15) is 9.18 Å². The monoisotopic (exact) mass is 307 g/mol. The van der Waals surface area contributed by atoms with Crippen LogP contribution in [0.5, 0.6) is 0 Å². The van der Waals surface area contributed by atoms with Crippen LogP contribution in [0.15, 0.2) is 12.1 Å². The van der Waals surface area contributed by atoms with Crippen molar-refractivity contribution in [3.8, 4) is 0 Å². The molecule has 0 saturated carbocycles. The van der Waals surface area contributed by atoms with E-state index in [1.807, 2.05) is 6.07 Å². The van der Waals surface area contributed by atoms with Gasteiger partial charge < -0.3 is 15.4 Å². The molecule has 3 rings (SSSR count). The first-order valence-corrected chi connectivity index (χ1v) is 7.82. The Labute approximate surface area is 129 Å². The lowest BCUT2D eigenvalue weighted by Crippen LogP contribution is -2.36. The van der Waals surface area contributed by atoms with Crippen LogP contribution in [0.25, 0.3) is 0 Å². The zero-order valence-corrected chi connectivity index (χ0v) is 12.7. The van der Waals surface area contributed by atoms with E-state index in [-0.39, 0.29) is 5.56 Å². The third kappa shape index (κ3) is 3.23. The summed E-state index contributed by atoms with van der Waals surface area (Å²) in [5.74, 6) is -1.22. The highest BCUT2D eigenvalue weighted by atomic mass is 19.1. The predicted octanol–water partition coefficient (Wildman–Crippen LogP) is 1.36. The number of nitrogens with zero attached hydrogens (tertiary/aromatic N) is 2. The molecule has 1 amide bonds. The number of primary amides is 1. The quantitative estimate of drug-likeness (QED) is 0.912. The van der Waals surface area contributed by atoms with Gasteiger partial charge in [-0.3, -0.25) is 9.69 Å². The molecule has 2 aliphatic rings. The SMILES string of the molecule is NC(=O)c1c(F)cc(N2CCOCC2)cc1CN1CCCC1. The summed E-state index contributed by atoms with van der Waals surface area (Å²) in [4.78, 5) is 16.0. The largest absolute Gasteiger partial charge is 0.378 e. The number of morpholine rings is 1. The number of amides is 1. The maximum Gasteiger partial charge on any atom is 0.252 e. The second-order valence-corrected chi connectivity index (χ2v) is 5.91. The fraction of sp³-hybridized carbons (Fsp3) is 0.562. The van der Waals surface area contributed by atoms with Crippen molar-refractivity contribution in [1.82, 2.24) is 4.90 Å². The van der Waals surface area contributed by atoms with Gasteiger partial charge in [0.05, 0.1) is 18.8 Å². The highest BCUT2D eigenvalue weighted by Crippen LogP contribution is 2.26. The van der Waals surface area contributed by atoms with Crippen molar-refractivity contribution in [2.45, 2.75) is 19.4 Å². The van der Waals surface area contributed by atoms with Crippen molar-refractivity contribution < 1.29 is 13.9 Å². The van der Waals surface area contributed by atoms with Crippen LogP contribution in [-0.4, -0.2) is 50.2 Å². The molecule has 2 heterocycles. The van der Waals surface area contributed by atoms with E-state index in [0.717, 1.165) is 44.7 Å². The van der Waals surface area contributed by atoms with Crippen LogP contribution in [0.1, 0.15) is 28.8 Å². The Morgan fingerprint density at radius 1 is 1.18 bits per heavy atom. The summed E-state index contributed by atoms with van der Waals surface area (Å²) < 4.78 is 19.7. The molecule has 0 atom stereocenters. The number of ether oxygens (including phenoxy) is 1. The van der Waals surface area contributed by atoms with Gasteiger partial charge in [0.25, 0.3) is 5.91 Å². The van der Waals surface area contributed by atoms with Crippen LogP contribution in [0, 0.1) is 5.82 Å².